The quantitative estimate of drug-likeness (QED) is 0.669. The first kappa shape index (κ1) is 13.8. The maximum atomic E-state index is 11.5. The topological polar surface area (TPSA) is 76.7 Å². The number of rotatable bonds is 5. The largest absolute Gasteiger partial charge is 0.483 e. The molecule has 2 aromatic rings. The van der Waals surface area contributed by atoms with Gasteiger partial charge in [-0.2, -0.15) is 5.10 Å². The lowest BCUT2D eigenvalue weighted by molar-refractivity contribution is -0.123. The minimum atomic E-state index is -0.321. The molecule has 0 aliphatic carbocycles. The zero-order valence-electron chi connectivity index (χ0n) is 11.3. The second-order valence-electron chi connectivity index (χ2n) is 4.26. The molecule has 0 atom stereocenters. The van der Waals surface area contributed by atoms with Gasteiger partial charge in [-0.05, 0) is 26.0 Å². The summed E-state index contributed by atoms with van der Waals surface area (Å²) in [6.07, 6.45) is 1.55. The van der Waals surface area contributed by atoms with E-state index in [4.69, 9.17) is 9.26 Å². The first-order chi connectivity index (χ1) is 9.66. The number of hydrogen-bond donors (Lipinski definition) is 1. The van der Waals surface area contributed by atoms with E-state index in [1.165, 1.54) is 0 Å². The summed E-state index contributed by atoms with van der Waals surface area (Å²) in [6, 6.07) is 9.01. The van der Waals surface area contributed by atoms with Gasteiger partial charge in [0.25, 0.3) is 5.91 Å². The fraction of sp³-hybridized carbons (Fsp3) is 0.214. The molecule has 104 valence electrons. The Labute approximate surface area is 116 Å². The summed E-state index contributed by atoms with van der Waals surface area (Å²) in [5.74, 6) is 0.818. The highest BCUT2D eigenvalue weighted by Crippen LogP contribution is 2.29. The van der Waals surface area contributed by atoms with E-state index in [0.717, 1.165) is 11.3 Å². The standard InChI is InChI=1S/C14H15N3O3/c1-10(2)16-17-14(18)9-19-12-6-4-3-5-11(12)13-7-8-15-20-13/h3-8H,9H2,1-2H3,(H,17,18). The predicted octanol–water partition coefficient (Wildman–Crippen LogP) is 2.23. The van der Waals surface area contributed by atoms with Gasteiger partial charge in [-0.1, -0.05) is 17.3 Å². The molecule has 0 saturated carbocycles. The number of amides is 1. The van der Waals surface area contributed by atoms with Gasteiger partial charge >= 0.3 is 0 Å². The second kappa shape index (κ2) is 6.51. The van der Waals surface area contributed by atoms with Crippen LogP contribution >= 0.6 is 0 Å². The zero-order valence-corrected chi connectivity index (χ0v) is 11.3. The van der Waals surface area contributed by atoms with E-state index >= 15 is 0 Å². The highest BCUT2D eigenvalue weighted by Gasteiger charge is 2.10. The van der Waals surface area contributed by atoms with E-state index in [1.54, 1.807) is 32.2 Å². The van der Waals surface area contributed by atoms with Gasteiger partial charge in [0.05, 0.1) is 11.8 Å². The van der Waals surface area contributed by atoms with Crippen LogP contribution in [0.3, 0.4) is 0 Å². The third-order valence-corrected chi connectivity index (χ3v) is 2.35. The van der Waals surface area contributed by atoms with Crippen molar-refractivity contribution in [3.8, 4) is 17.1 Å². The van der Waals surface area contributed by atoms with Gasteiger partial charge < -0.3 is 9.26 Å². The molecule has 0 fully saturated rings. The van der Waals surface area contributed by atoms with Gasteiger partial charge in [-0.15, -0.1) is 0 Å². The lowest BCUT2D eigenvalue weighted by atomic mass is 10.1. The monoisotopic (exact) mass is 273 g/mol. The molecule has 0 spiro atoms. The third kappa shape index (κ3) is 3.68. The fourth-order valence-corrected chi connectivity index (χ4v) is 1.50. The molecule has 20 heavy (non-hydrogen) atoms. The van der Waals surface area contributed by atoms with Crippen LogP contribution in [0, 0.1) is 0 Å². The molecule has 6 heteroatoms. The Kier molecular flexibility index (Phi) is 4.49. The summed E-state index contributed by atoms with van der Waals surface area (Å²) >= 11 is 0. The Balaban J connectivity index is 2.04. The molecule has 1 amide bonds. The van der Waals surface area contributed by atoms with Crippen molar-refractivity contribution in [3.63, 3.8) is 0 Å². The molecule has 0 bridgehead atoms. The van der Waals surface area contributed by atoms with Crippen molar-refractivity contribution in [2.45, 2.75) is 13.8 Å². The molecule has 0 aliphatic heterocycles. The van der Waals surface area contributed by atoms with Gasteiger partial charge in [-0.25, -0.2) is 5.43 Å². The zero-order chi connectivity index (χ0) is 14.4. The molecule has 6 nitrogen and oxygen atoms in total. The van der Waals surface area contributed by atoms with E-state index in [1.807, 2.05) is 18.2 Å². The average Bonchev–Trinajstić information content (AvgIpc) is 2.97. The van der Waals surface area contributed by atoms with Crippen molar-refractivity contribution in [1.29, 1.82) is 0 Å². The minimum absolute atomic E-state index is 0.123. The molecule has 2 rings (SSSR count). The molecular formula is C14H15N3O3. The molecule has 1 heterocycles. The molecule has 0 aliphatic rings. The smallest absolute Gasteiger partial charge is 0.277 e. The number of para-hydroxylation sites is 1. The number of hydrogen-bond acceptors (Lipinski definition) is 5. The Morgan fingerprint density at radius 2 is 2.15 bits per heavy atom. The first-order valence-corrected chi connectivity index (χ1v) is 6.09. The Morgan fingerprint density at radius 3 is 2.85 bits per heavy atom. The van der Waals surface area contributed by atoms with E-state index < -0.39 is 0 Å². The number of ether oxygens (including phenoxy) is 1. The fourth-order valence-electron chi connectivity index (χ4n) is 1.50. The van der Waals surface area contributed by atoms with Crippen molar-refractivity contribution in [1.82, 2.24) is 10.6 Å². The normalized spacial score (nSPS) is 9.90. The van der Waals surface area contributed by atoms with Crippen LogP contribution in [0.25, 0.3) is 11.3 Å². The van der Waals surface area contributed by atoms with E-state index in [-0.39, 0.29) is 12.5 Å². The Bertz CT molecular complexity index is 602. The summed E-state index contributed by atoms with van der Waals surface area (Å²) in [5.41, 5.74) is 3.90. The van der Waals surface area contributed by atoms with Crippen LogP contribution in [0.1, 0.15) is 13.8 Å². The van der Waals surface area contributed by atoms with Crippen LogP contribution in [0.15, 0.2) is 46.2 Å². The number of nitrogens with zero attached hydrogens (tertiary/aromatic N) is 2. The van der Waals surface area contributed by atoms with Crippen LogP contribution in [0.2, 0.25) is 0 Å². The van der Waals surface area contributed by atoms with Crippen LogP contribution in [-0.4, -0.2) is 23.4 Å². The van der Waals surface area contributed by atoms with Crippen LogP contribution < -0.4 is 10.2 Å². The molecule has 0 saturated heterocycles. The lowest BCUT2D eigenvalue weighted by Gasteiger charge is -2.08. The van der Waals surface area contributed by atoms with Crippen molar-refractivity contribution >= 4 is 11.6 Å². The van der Waals surface area contributed by atoms with Crippen LogP contribution in [0.4, 0.5) is 0 Å². The number of benzene rings is 1. The molecular weight excluding hydrogens is 258 g/mol. The predicted molar refractivity (Wildman–Crippen MR) is 74.4 cm³/mol. The number of carbonyl (C=O) groups is 1. The van der Waals surface area contributed by atoms with Gasteiger partial charge in [-0.3, -0.25) is 4.79 Å². The van der Waals surface area contributed by atoms with Gasteiger partial charge in [0.15, 0.2) is 12.4 Å². The van der Waals surface area contributed by atoms with Gasteiger partial charge in [0.1, 0.15) is 5.75 Å². The summed E-state index contributed by atoms with van der Waals surface area (Å²) in [6.45, 7) is 3.46. The van der Waals surface area contributed by atoms with Crippen LogP contribution in [-0.2, 0) is 4.79 Å². The number of carbonyl (C=O) groups excluding carboxylic acids is 1. The van der Waals surface area contributed by atoms with Crippen molar-refractivity contribution < 1.29 is 14.1 Å². The lowest BCUT2D eigenvalue weighted by Crippen LogP contribution is -2.25. The minimum Gasteiger partial charge on any atom is -0.483 e. The molecule has 1 aromatic carbocycles. The highest BCUT2D eigenvalue weighted by atomic mass is 16.5. The Morgan fingerprint density at radius 1 is 1.35 bits per heavy atom. The van der Waals surface area contributed by atoms with E-state index in [0.29, 0.717) is 11.5 Å². The molecule has 0 radical (unpaired) electrons. The van der Waals surface area contributed by atoms with Gasteiger partial charge in [0, 0.05) is 11.8 Å². The third-order valence-electron chi connectivity index (χ3n) is 2.35. The maximum Gasteiger partial charge on any atom is 0.277 e. The van der Waals surface area contributed by atoms with Crippen molar-refractivity contribution in [2.75, 3.05) is 6.61 Å². The average molecular weight is 273 g/mol. The Hall–Kier alpha value is -2.63. The first-order valence-electron chi connectivity index (χ1n) is 6.09. The number of hydrazone groups is 1. The molecule has 0 unspecified atom stereocenters. The van der Waals surface area contributed by atoms with Crippen molar-refractivity contribution in [2.24, 2.45) is 5.10 Å². The number of aromatic nitrogens is 1. The highest BCUT2D eigenvalue weighted by molar-refractivity contribution is 5.83. The van der Waals surface area contributed by atoms with E-state index in [9.17, 15) is 4.79 Å². The maximum absolute atomic E-state index is 11.5. The van der Waals surface area contributed by atoms with E-state index in [2.05, 4.69) is 15.7 Å². The molecule has 1 aromatic heterocycles. The van der Waals surface area contributed by atoms with Crippen molar-refractivity contribution in [3.05, 3.63) is 36.5 Å². The number of nitrogens with one attached hydrogen (secondary N) is 1. The summed E-state index contributed by atoms with van der Waals surface area (Å²) in [7, 11) is 0. The summed E-state index contributed by atoms with van der Waals surface area (Å²) < 4.78 is 10.6. The SMILES string of the molecule is CC(C)=NNC(=O)COc1ccccc1-c1ccno1. The summed E-state index contributed by atoms with van der Waals surface area (Å²) in [5, 5.41) is 7.47. The van der Waals surface area contributed by atoms with Crippen LogP contribution in [0.5, 0.6) is 5.75 Å². The summed E-state index contributed by atoms with van der Waals surface area (Å²) in [4.78, 5) is 11.5. The second-order valence-corrected chi connectivity index (χ2v) is 4.26. The van der Waals surface area contributed by atoms with Gasteiger partial charge in [0.2, 0.25) is 0 Å². The molecule has 1 N–H and O–H groups in total.